The fraction of sp³-hybridized carbons (Fsp3) is 0.625. The summed E-state index contributed by atoms with van der Waals surface area (Å²) in [6.45, 7) is 3.26. The second kappa shape index (κ2) is 4.26. The third kappa shape index (κ3) is 2.44. The molecule has 0 aliphatic carbocycles. The van der Waals surface area contributed by atoms with Crippen molar-refractivity contribution in [1.29, 1.82) is 0 Å². The molecule has 3 nitrogen and oxygen atoms in total. The molecule has 0 amide bonds. The van der Waals surface area contributed by atoms with Crippen LogP contribution in [0, 0.1) is 0 Å². The minimum Gasteiger partial charge on any atom is -0.349 e. The molecule has 3 heteroatoms. The Hall–Kier alpha value is -0.670. The summed E-state index contributed by atoms with van der Waals surface area (Å²) in [5, 5.41) is 0. The van der Waals surface area contributed by atoms with Crippen molar-refractivity contribution in [3.8, 4) is 0 Å². The van der Waals surface area contributed by atoms with E-state index in [-0.39, 0.29) is 6.29 Å². The summed E-state index contributed by atoms with van der Waals surface area (Å²) < 4.78 is 10.5. The van der Waals surface area contributed by atoms with E-state index in [2.05, 4.69) is 0 Å². The van der Waals surface area contributed by atoms with Gasteiger partial charge in [0.15, 0.2) is 6.29 Å². The molecular weight excluding hydrogens is 144 g/mol. The van der Waals surface area contributed by atoms with Gasteiger partial charge in [-0.2, -0.15) is 0 Å². The Balaban J connectivity index is 2.44. The summed E-state index contributed by atoms with van der Waals surface area (Å²) >= 11 is 0. The number of ether oxygens (including phenoxy) is 2. The van der Waals surface area contributed by atoms with E-state index in [0.717, 1.165) is 18.3 Å². The average Bonchev–Trinajstić information content (AvgIpc) is 2.07. The zero-order valence-corrected chi connectivity index (χ0v) is 6.58. The molecule has 1 heterocycles. The molecule has 0 spiro atoms. The van der Waals surface area contributed by atoms with Crippen molar-refractivity contribution < 1.29 is 14.3 Å². The Morgan fingerprint density at radius 1 is 1.45 bits per heavy atom. The Morgan fingerprint density at radius 2 is 2.09 bits per heavy atom. The van der Waals surface area contributed by atoms with Crippen LogP contribution in [0.2, 0.25) is 0 Å². The number of carbonyl (C=O) groups excluding carboxylic acids is 1. The van der Waals surface area contributed by atoms with Gasteiger partial charge < -0.3 is 9.47 Å². The zero-order chi connectivity index (χ0) is 8.10. The van der Waals surface area contributed by atoms with Crippen LogP contribution >= 0.6 is 0 Å². The van der Waals surface area contributed by atoms with E-state index in [1.165, 1.54) is 6.08 Å². The van der Waals surface area contributed by atoms with Gasteiger partial charge in [-0.05, 0) is 25.0 Å². The molecule has 0 bridgehead atoms. The van der Waals surface area contributed by atoms with Crippen LogP contribution in [0.3, 0.4) is 0 Å². The molecule has 0 aromatic rings. The molecule has 0 aromatic carbocycles. The standard InChI is InChI=1S/C8H12O3/c1-7(3-4-9)8-10-5-2-6-11-8/h3-4,8H,2,5-6H2,1H3. The summed E-state index contributed by atoms with van der Waals surface area (Å²) in [5.74, 6) is 0. The first-order valence-corrected chi connectivity index (χ1v) is 3.70. The van der Waals surface area contributed by atoms with Crippen LogP contribution in [0.4, 0.5) is 0 Å². The van der Waals surface area contributed by atoms with Gasteiger partial charge in [0.05, 0.1) is 13.2 Å². The lowest BCUT2D eigenvalue weighted by molar-refractivity contribution is -0.156. The highest BCUT2D eigenvalue weighted by molar-refractivity contribution is 5.66. The summed E-state index contributed by atoms with van der Waals surface area (Å²) in [4.78, 5) is 10.1. The quantitative estimate of drug-likeness (QED) is 0.440. The van der Waals surface area contributed by atoms with Crippen LogP contribution in [-0.2, 0) is 14.3 Å². The molecule has 0 atom stereocenters. The molecule has 11 heavy (non-hydrogen) atoms. The maximum atomic E-state index is 10.1. The molecule has 62 valence electrons. The lowest BCUT2D eigenvalue weighted by Crippen LogP contribution is -2.25. The molecular formula is C8H12O3. The van der Waals surface area contributed by atoms with Crippen molar-refractivity contribution in [1.82, 2.24) is 0 Å². The third-order valence-electron chi connectivity index (χ3n) is 1.53. The van der Waals surface area contributed by atoms with Gasteiger partial charge in [0, 0.05) is 0 Å². The highest BCUT2D eigenvalue weighted by Gasteiger charge is 2.14. The molecule has 1 aliphatic heterocycles. The van der Waals surface area contributed by atoms with E-state index >= 15 is 0 Å². The van der Waals surface area contributed by atoms with Crippen molar-refractivity contribution in [2.75, 3.05) is 13.2 Å². The van der Waals surface area contributed by atoms with E-state index in [1.54, 1.807) is 0 Å². The minimum atomic E-state index is -0.297. The number of rotatable bonds is 2. The molecule has 0 N–H and O–H groups in total. The largest absolute Gasteiger partial charge is 0.349 e. The third-order valence-corrected chi connectivity index (χ3v) is 1.53. The first kappa shape index (κ1) is 8.43. The maximum Gasteiger partial charge on any atom is 0.179 e. The molecule has 1 fully saturated rings. The second-order valence-corrected chi connectivity index (χ2v) is 2.47. The number of carbonyl (C=O) groups is 1. The molecule has 0 radical (unpaired) electrons. The van der Waals surface area contributed by atoms with E-state index in [9.17, 15) is 4.79 Å². The molecule has 1 rings (SSSR count). The van der Waals surface area contributed by atoms with E-state index in [1.807, 2.05) is 6.92 Å². The number of hydrogen-bond donors (Lipinski definition) is 0. The number of aldehydes is 1. The predicted molar refractivity (Wildman–Crippen MR) is 40.1 cm³/mol. The first-order valence-electron chi connectivity index (χ1n) is 3.70. The van der Waals surface area contributed by atoms with Gasteiger partial charge in [-0.25, -0.2) is 0 Å². The van der Waals surface area contributed by atoms with E-state index < -0.39 is 0 Å². The second-order valence-electron chi connectivity index (χ2n) is 2.47. The Bertz CT molecular complexity index is 157. The van der Waals surface area contributed by atoms with Crippen molar-refractivity contribution >= 4 is 6.29 Å². The minimum absolute atomic E-state index is 0.297. The summed E-state index contributed by atoms with van der Waals surface area (Å²) in [6.07, 6.45) is 2.85. The smallest absolute Gasteiger partial charge is 0.179 e. The molecule has 1 aliphatic rings. The van der Waals surface area contributed by atoms with Crippen LogP contribution in [0.1, 0.15) is 13.3 Å². The molecule has 0 unspecified atom stereocenters. The zero-order valence-electron chi connectivity index (χ0n) is 6.58. The SMILES string of the molecule is CC(=CC=O)C1OCCCO1. The van der Waals surface area contributed by atoms with Crippen molar-refractivity contribution in [2.24, 2.45) is 0 Å². The topological polar surface area (TPSA) is 35.5 Å². The molecule has 1 saturated heterocycles. The van der Waals surface area contributed by atoms with E-state index in [4.69, 9.17) is 9.47 Å². The van der Waals surface area contributed by atoms with Gasteiger partial charge >= 0.3 is 0 Å². The fourth-order valence-electron chi connectivity index (χ4n) is 0.937. The number of allylic oxidation sites excluding steroid dienone is 1. The van der Waals surface area contributed by atoms with Crippen molar-refractivity contribution in [2.45, 2.75) is 19.6 Å². The lowest BCUT2D eigenvalue weighted by Gasteiger charge is -2.23. The van der Waals surface area contributed by atoms with Crippen LogP contribution < -0.4 is 0 Å². The molecule has 0 aromatic heterocycles. The van der Waals surface area contributed by atoms with Gasteiger partial charge in [0.1, 0.15) is 6.29 Å². The van der Waals surface area contributed by atoms with Gasteiger partial charge in [0.25, 0.3) is 0 Å². The monoisotopic (exact) mass is 156 g/mol. The van der Waals surface area contributed by atoms with Crippen LogP contribution in [0.15, 0.2) is 11.6 Å². The summed E-state index contributed by atoms with van der Waals surface area (Å²) in [5.41, 5.74) is 0.833. The van der Waals surface area contributed by atoms with Crippen LogP contribution in [0.5, 0.6) is 0 Å². The summed E-state index contributed by atoms with van der Waals surface area (Å²) in [7, 11) is 0. The van der Waals surface area contributed by atoms with Crippen LogP contribution in [-0.4, -0.2) is 25.8 Å². The van der Waals surface area contributed by atoms with Crippen LogP contribution in [0.25, 0.3) is 0 Å². The van der Waals surface area contributed by atoms with Gasteiger partial charge in [-0.1, -0.05) is 0 Å². The predicted octanol–water partition coefficient (Wildman–Crippen LogP) is 0.895. The first-order chi connectivity index (χ1) is 5.34. The van der Waals surface area contributed by atoms with Crippen molar-refractivity contribution in [3.63, 3.8) is 0 Å². The normalized spacial score (nSPS) is 21.7. The average molecular weight is 156 g/mol. The van der Waals surface area contributed by atoms with Crippen molar-refractivity contribution in [3.05, 3.63) is 11.6 Å². The molecule has 0 saturated carbocycles. The highest BCUT2D eigenvalue weighted by atomic mass is 16.7. The Morgan fingerprint density at radius 3 is 2.64 bits per heavy atom. The van der Waals surface area contributed by atoms with Gasteiger partial charge in [-0.3, -0.25) is 4.79 Å². The van der Waals surface area contributed by atoms with Gasteiger partial charge in [-0.15, -0.1) is 0 Å². The van der Waals surface area contributed by atoms with E-state index in [0.29, 0.717) is 13.2 Å². The summed E-state index contributed by atoms with van der Waals surface area (Å²) in [6, 6.07) is 0. The maximum absolute atomic E-state index is 10.1. The highest BCUT2D eigenvalue weighted by Crippen LogP contribution is 2.12. The Labute approximate surface area is 66.0 Å². The fourth-order valence-corrected chi connectivity index (χ4v) is 0.937. The lowest BCUT2D eigenvalue weighted by atomic mass is 10.2. The number of hydrogen-bond acceptors (Lipinski definition) is 3. The van der Waals surface area contributed by atoms with Gasteiger partial charge in [0.2, 0.25) is 0 Å². The Kier molecular flexibility index (Phi) is 3.26.